The van der Waals surface area contributed by atoms with Gasteiger partial charge in [0.05, 0.1) is 12.2 Å². The van der Waals surface area contributed by atoms with E-state index in [0.29, 0.717) is 25.4 Å². The minimum absolute atomic E-state index is 0.258. The second-order valence-electron chi connectivity index (χ2n) is 3.64. The van der Waals surface area contributed by atoms with Crippen molar-refractivity contribution in [1.82, 2.24) is 0 Å². The topological polar surface area (TPSA) is 44.8 Å². The Morgan fingerprint density at radius 1 is 1.11 bits per heavy atom. The molecule has 0 atom stereocenters. The highest BCUT2D eigenvalue weighted by molar-refractivity contribution is 7.80. The lowest BCUT2D eigenvalue weighted by molar-refractivity contribution is 0.0288. The third-order valence-electron chi connectivity index (χ3n) is 2.20. The van der Waals surface area contributed by atoms with Crippen LogP contribution in [-0.2, 0) is 14.2 Å². The summed E-state index contributed by atoms with van der Waals surface area (Å²) in [5.74, 6) is -0.344. The lowest BCUT2D eigenvalue weighted by Crippen LogP contribution is -2.11. The SMILES string of the molecule is COCCCOCCOC(=O)c1ccc(S)cc1. The predicted octanol–water partition coefficient (Wildman–Crippen LogP) is 2.19. The molecule has 0 fully saturated rings. The van der Waals surface area contributed by atoms with Gasteiger partial charge in [0, 0.05) is 25.2 Å². The van der Waals surface area contributed by atoms with E-state index in [-0.39, 0.29) is 12.6 Å². The van der Waals surface area contributed by atoms with E-state index in [2.05, 4.69) is 12.6 Å². The van der Waals surface area contributed by atoms with Crippen LogP contribution in [0.1, 0.15) is 16.8 Å². The number of esters is 1. The van der Waals surface area contributed by atoms with Gasteiger partial charge in [0.15, 0.2) is 0 Å². The van der Waals surface area contributed by atoms with Crippen molar-refractivity contribution >= 4 is 18.6 Å². The van der Waals surface area contributed by atoms with E-state index in [4.69, 9.17) is 14.2 Å². The number of carbonyl (C=O) groups is 1. The van der Waals surface area contributed by atoms with Gasteiger partial charge in [0.1, 0.15) is 6.61 Å². The summed E-state index contributed by atoms with van der Waals surface area (Å²) in [4.78, 5) is 12.4. The van der Waals surface area contributed by atoms with Crippen molar-refractivity contribution in [2.24, 2.45) is 0 Å². The monoisotopic (exact) mass is 270 g/mol. The molecular weight excluding hydrogens is 252 g/mol. The van der Waals surface area contributed by atoms with E-state index in [0.717, 1.165) is 11.3 Å². The molecule has 1 aromatic carbocycles. The third kappa shape index (κ3) is 6.05. The van der Waals surface area contributed by atoms with Crippen molar-refractivity contribution < 1.29 is 19.0 Å². The number of methoxy groups -OCH3 is 1. The van der Waals surface area contributed by atoms with E-state index in [1.165, 1.54) is 0 Å². The maximum absolute atomic E-state index is 11.6. The Labute approximate surface area is 113 Å². The average Bonchev–Trinajstić information content (AvgIpc) is 2.38. The first kappa shape index (κ1) is 15.0. The van der Waals surface area contributed by atoms with Gasteiger partial charge in [-0.3, -0.25) is 0 Å². The predicted molar refractivity (Wildman–Crippen MR) is 71.3 cm³/mol. The number of carbonyl (C=O) groups excluding carboxylic acids is 1. The Morgan fingerprint density at radius 2 is 1.83 bits per heavy atom. The van der Waals surface area contributed by atoms with Crippen LogP contribution in [0.25, 0.3) is 0 Å². The molecule has 0 saturated carbocycles. The molecule has 0 N–H and O–H groups in total. The van der Waals surface area contributed by atoms with Gasteiger partial charge in [-0.05, 0) is 30.7 Å². The van der Waals surface area contributed by atoms with Crippen molar-refractivity contribution in [2.75, 3.05) is 33.5 Å². The van der Waals surface area contributed by atoms with Gasteiger partial charge in [0.25, 0.3) is 0 Å². The Balaban J connectivity index is 2.12. The van der Waals surface area contributed by atoms with Gasteiger partial charge in [0.2, 0.25) is 0 Å². The minimum Gasteiger partial charge on any atom is -0.460 e. The van der Waals surface area contributed by atoms with Crippen molar-refractivity contribution in [1.29, 1.82) is 0 Å². The molecule has 0 spiro atoms. The van der Waals surface area contributed by atoms with E-state index >= 15 is 0 Å². The second kappa shape index (κ2) is 8.97. The molecule has 18 heavy (non-hydrogen) atoms. The molecule has 0 aliphatic rings. The van der Waals surface area contributed by atoms with Crippen LogP contribution in [0.4, 0.5) is 0 Å². The fourth-order valence-corrected chi connectivity index (χ4v) is 1.43. The number of ether oxygens (including phenoxy) is 3. The number of hydrogen-bond acceptors (Lipinski definition) is 5. The molecule has 100 valence electrons. The molecule has 1 aromatic rings. The fraction of sp³-hybridized carbons (Fsp3) is 0.462. The fourth-order valence-electron chi connectivity index (χ4n) is 1.28. The highest BCUT2D eigenvalue weighted by Gasteiger charge is 2.05. The molecule has 4 nitrogen and oxygen atoms in total. The summed E-state index contributed by atoms with van der Waals surface area (Å²) in [6.07, 6.45) is 0.841. The number of hydrogen-bond donors (Lipinski definition) is 1. The quantitative estimate of drug-likeness (QED) is 0.447. The first-order chi connectivity index (χ1) is 8.74. The van der Waals surface area contributed by atoms with E-state index in [1.54, 1.807) is 31.4 Å². The van der Waals surface area contributed by atoms with Crippen LogP contribution in [0.3, 0.4) is 0 Å². The van der Waals surface area contributed by atoms with Gasteiger partial charge in [-0.2, -0.15) is 0 Å². The zero-order valence-corrected chi connectivity index (χ0v) is 11.3. The molecule has 1 rings (SSSR count). The summed E-state index contributed by atoms with van der Waals surface area (Å²) < 4.78 is 15.2. The normalized spacial score (nSPS) is 10.3. The highest BCUT2D eigenvalue weighted by Crippen LogP contribution is 2.08. The summed E-state index contributed by atoms with van der Waals surface area (Å²) in [6, 6.07) is 6.87. The Kier molecular flexibility index (Phi) is 7.48. The highest BCUT2D eigenvalue weighted by atomic mass is 32.1. The summed E-state index contributed by atoms with van der Waals surface area (Å²) in [5.41, 5.74) is 0.521. The number of rotatable bonds is 8. The molecule has 0 saturated heterocycles. The molecule has 0 bridgehead atoms. The van der Waals surface area contributed by atoms with Crippen LogP contribution in [0, 0.1) is 0 Å². The zero-order valence-electron chi connectivity index (χ0n) is 10.4. The summed E-state index contributed by atoms with van der Waals surface area (Å²) in [7, 11) is 1.65. The van der Waals surface area contributed by atoms with Crippen LogP contribution >= 0.6 is 12.6 Å². The van der Waals surface area contributed by atoms with Gasteiger partial charge in [-0.25, -0.2) is 4.79 Å². The van der Waals surface area contributed by atoms with Crippen LogP contribution in [0.5, 0.6) is 0 Å². The Bertz CT molecular complexity index is 351. The van der Waals surface area contributed by atoms with Crippen molar-refractivity contribution in [3.8, 4) is 0 Å². The van der Waals surface area contributed by atoms with E-state index in [9.17, 15) is 4.79 Å². The number of thiol groups is 1. The molecule has 0 aliphatic carbocycles. The summed E-state index contributed by atoms with van der Waals surface area (Å²) >= 11 is 4.14. The molecule has 0 radical (unpaired) electrons. The maximum atomic E-state index is 11.6. The van der Waals surface area contributed by atoms with Gasteiger partial charge < -0.3 is 14.2 Å². The Morgan fingerprint density at radius 3 is 2.50 bits per heavy atom. The molecule has 0 aliphatic heterocycles. The lowest BCUT2D eigenvalue weighted by atomic mass is 10.2. The molecular formula is C13H18O4S. The minimum atomic E-state index is -0.344. The van der Waals surface area contributed by atoms with Crippen molar-refractivity contribution in [3.05, 3.63) is 29.8 Å². The number of benzene rings is 1. The summed E-state index contributed by atoms with van der Waals surface area (Å²) in [5, 5.41) is 0. The lowest BCUT2D eigenvalue weighted by Gasteiger charge is -2.06. The van der Waals surface area contributed by atoms with Gasteiger partial charge >= 0.3 is 5.97 Å². The molecule has 0 aromatic heterocycles. The van der Waals surface area contributed by atoms with Crippen LogP contribution in [-0.4, -0.2) is 39.5 Å². The van der Waals surface area contributed by atoms with E-state index < -0.39 is 0 Å². The smallest absolute Gasteiger partial charge is 0.338 e. The second-order valence-corrected chi connectivity index (χ2v) is 4.16. The molecule has 0 amide bonds. The van der Waals surface area contributed by atoms with Gasteiger partial charge in [-0.1, -0.05) is 0 Å². The summed E-state index contributed by atoms with van der Waals surface area (Å²) in [6.45, 7) is 1.95. The maximum Gasteiger partial charge on any atom is 0.338 e. The molecule has 0 unspecified atom stereocenters. The standard InChI is InChI=1S/C13H18O4S/c1-15-7-2-8-16-9-10-17-13(14)11-3-5-12(18)6-4-11/h3-6,18H,2,7-10H2,1H3. The largest absolute Gasteiger partial charge is 0.460 e. The third-order valence-corrected chi connectivity index (χ3v) is 2.50. The van der Waals surface area contributed by atoms with Crippen LogP contribution < -0.4 is 0 Å². The van der Waals surface area contributed by atoms with Gasteiger partial charge in [-0.15, -0.1) is 12.6 Å². The average molecular weight is 270 g/mol. The molecule has 0 heterocycles. The first-order valence-electron chi connectivity index (χ1n) is 5.77. The zero-order chi connectivity index (χ0) is 13.2. The molecule has 5 heteroatoms. The van der Waals surface area contributed by atoms with Crippen molar-refractivity contribution in [2.45, 2.75) is 11.3 Å². The first-order valence-corrected chi connectivity index (χ1v) is 6.21. The van der Waals surface area contributed by atoms with Crippen LogP contribution in [0.2, 0.25) is 0 Å². The Hall–Kier alpha value is -1.04. The van der Waals surface area contributed by atoms with Crippen LogP contribution in [0.15, 0.2) is 29.2 Å². The van der Waals surface area contributed by atoms with Crippen molar-refractivity contribution in [3.63, 3.8) is 0 Å². The van der Waals surface area contributed by atoms with E-state index in [1.807, 2.05) is 0 Å².